The summed E-state index contributed by atoms with van der Waals surface area (Å²) in [5.74, 6) is 1.85. The maximum atomic E-state index is 12.0. The van der Waals surface area contributed by atoms with Gasteiger partial charge in [-0.15, -0.1) is 10.2 Å². The summed E-state index contributed by atoms with van der Waals surface area (Å²) in [4.78, 5) is 12.1. The fourth-order valence-corrected chi connectivity index (χ4v) is 4.12. The lowest BCUT2D eigenvalue weighted by molar-refractivity contribution is -0.131. The third kappa shape index (κ3) is 5.63. The SMILES string of the molecule is CCOc1ccc(/C=C(\Sc2nnc(-c3cc(OC)cc(OC)c3)n2CC)C(=O)O)cc1OC. The molecule has 3 aromatic rings. The van der Waals surface area contributed by atoms with Gasteiger partial charge in [-0.05, 0) is 61.5 Å². The molecule has 0 fully saturated rings. The summed E-state index contributed by atoms with van der Waals surface area (Å²) in [5.41, 5.74) is 1.40. The number of nitrogens with zero attached hydrogens (tertiary/aromatic N) is 3. The second kappa shape index (κ2) is 11.5. The van der Waals surface area contributed by atoms with Gasteiger partial charge in [0.15, 0.2) is 22.5 Å². The van der Waals surface area contributed by atoms with Crippen LogP contribution in [-0.4, -0.2) is 53.8 Å². The molecule has 0 radical (unpaired) electrons. The van der Waals surface area contributed by atoms with E-state index in [9.17, 15) is 9.90 Å². The Morgan fingerprint density at radius 2 is 1.71 bits per heavy atom. The van der Waals surface area contributed by atoms with Crippen molar-refractivity contribution in [2.45, 2.75) is 25.5 Å². The summed E-state index contributed by atoms with van der Waals surface area (Å²) < 4.78 is 23.5. The molecule has 0 aliphatic rings. The van der Waals surface area contributed by atoms with Gasteiger partial charge in [-0.2, -0.15) is 0 Å². The molecule has 1 N–H and O–H groups in total. The summed E-state index contributed by atoms with van der Waals surface area (Å²) in [6, 6.07) is 10.7. The summed E-state index contributed by atoms with van der Waals surface area (Å²) in [7, 11) is 4.69. The van der Waals surface area contributed by atoms with Gasteiger partial charge in [0.1, 0.15) is 16.4 Å². The molecule has 3 rings (SSSR count). The number of carboxylic acid groups (broad SMARTS) is 1. The number of rotatable bonds is 11. The van der Waals surface area contributed by atoms with Crippen molar-refractivity contribution in [1.29, 1.82) is 0 Å². The van der Waals surface area contributed by atoms with Gasteiger partial charge in [0, 0.05) is 18.2 Å². The third-order valence-electron chi connectivity index (χ3n) is 4.84. The van der Waals surface area contributed by atoms with Crippen LogP contribution in [-0.2, 0) is 11.3 Å². The molecule has 0 spiro atoms. The van der Waals surface area contributed by atoms with Gasteiger partial charge in [-0.25, -0.2) is 4.79 Å². The van der Waals surface area contributed by atoms with Gasteiger partial charge < -0.3 is 28.6 Å². The summed E-state index contributed by atoms with van der Waals surface area (Å²) in [6.45, 7) is 4.85. The van der Waals surface area contributed by atoms with Gasteiger partial charge in [0.05, 0.1) is 27.9 Å². The van der Waals surface area contributed by atoms with E-state index < -0.39 is 5.97 Å². The minimum absolute atomic E-state index is 0.0862. The number of thioether (sulfide) groups is 1. The second-order valence-electron chi connectivity index (χ2n) is 6.91. The molecule has 0 saturated carbocycles. The number of methoxy groups -OCH3 is 3. The fraction of sp³-hybridized carbons (Fsp3) is 0.292. The summed E-state index contributed by atoms with van der Waals surface area (Å²) >= 11 is 1.02. The monoisotopic (exact) mass is 485 g/mol. The highest BCUT2D eigenvalue weighted by Crippen LogP contribution is 2.34. The first-order chi connectivity index (χ1) is 16.4. The molecule has 0 saturated heterocycles. The van der Waals surface area contributed by atoms with Gasteiger partial charge in [0.2, 0.25) is 0 Å². The Bertz CT molecular complexity index is 1170. The van der Waals surface area contributed by atoms with Crippen LogP contribution in [0.4, 0.5) is 0 Å². The number of hydrogen-bond donors (Lipinski definition) is 1. The molecule has 2 aromatic carbocycles. The zero-order valence-corrected chi connectivity index (χ0v) is 20.5. The van der Waals surface area contributed by atoms with Crippen molar-refractivity contribution < 1.29 is 28.8 Å². The minimum atomic E-state index is -1.08. The number of ether oxygens (including phenoxy) is 4. The average Bonchev–Trinajstić information content (AvgIpc) is 3.26. The Hall–Kier alpha value is -3.66. The molecule has 34 heavy (non-hydrogen) atoms. The van der Waals surface area contributed by atoms with Crippen LogP contribution in [0.2, 0.25) is 0 Å². The lowest BCUT2D eigenvalue weighted by atomic mass is 10.2. The van der Waals surface area contributed by atoms with Crippen molar-refractivity contribution in [2.75, 3.05) is 27.9 Å². The maximum Gasteiger partial charge on any atom is 0.342 e. The van der Waals surface area contributed by atoms with E-state index in [1.165, 1.54) is 7.11 Å². The average molecular weight is 486 g/mol. The quantitative estimate of drug-likeness (QED) is 0.308. The smallest absolute Gasteiger partial charge is 0.342 e. The van der Waals surface area contributed by atoms with Gasteiger partial charge in [0.25, 0.3) is 0 Å². The first-order valence-corrected chi connectivity index (χ1v) is 11.4. The Labute approximate surface area is 202 Å². The Kier molecular flexibility index (Phi) is 8.42. The lowest BCUT2D eigenvalue weighted by Crippen LogP contribution is -2.03. The molecular weight excluding hydrogens is 458 g/mol. The van der Waals surface area contributed by atoms with Crippen LogP contribution in [0.15, 0.2) is 46.5 Å². The van der Waals surface area contributed by atoms with Crippen molar-refractivity contribution in [2.24, 2.45) is 0 Å². The molecule has 0 atom stereocenters. The third-order valence-corrected chi connectivity index (χ3v) is 5.84. The predicted octanol–water partition coefficient (Wildman–Crippen LogP) is 4.61. The topological polar surface area (TPSA) is 105 Å². The second-order valence-corrected chi connectivity index (χ2v) is 7.92. The largest absolute Gasteiger partial charge is 0.497 e. The summed E-state index contributed by atoms with van der Waals surface area (Å²) in [6.07, 6.45) is 1.56. The number of benzene rings is 2. The predicted molar refractivity (Wildman–Crippen MR) is 130 cm³/mol. The molecule has 0 unspecified atom stereocenters. The number of carboxylic acids is 1. The Morgan fingerprint density at radius 3 is 2.26 bits per heavy atom. The zero-order chi connectivity index (χ0) is 24.7. The fourth-order valence-electron chi connectivity index (χ4n) is 3.23. The van der Waals surface area contributed by atoms with E-state index in [1.54, 1.807) is 44.6 Å². The molecule has 1 aromatic heterocycles. The molecule has 0 bridgehead atoms. The van der Waals surface area contributed by atoms with Gasteiger partial charge in [-0.1, -0.05) is 6.07 Å². The Morgan fingerprint density at radius 1 is 1.00 bits per heavy atom. The molecule has 9 nitrogen and oxygen atoms in total. The number of hydrogen-bond acceptors (Lipinski definition) is 8. The zero-order valence-electron chi connectivity index (χ0n) is 19.7. The van der Waals surface area contributed by atoms with Crippen molar-refractivity contribution in [3.63, 3.8) is 0 Å². The van der Waals surface area contributed by atoms with E-state index in [2.05, 4.69) is 10.2 Å². The molecule has 180 valence electrons. The van der Waals surface area contributed by atoms with Crippen molar-refractivity contribution >= 4 is 23.8 Å². The van der Waals surface area contributed by atoms with E-state index >= 15 is 0 Å². The minimum Gasteiger partial charge on any atom is -0.497 e. The first-order valence-electron chi connectivity index (χ1n) is 10.5. The Balaban J connectivity index is 1.98. The molecular formula is C24H27N3O6S. The summed E-state index contributed by atoms with van der Waals surface area (Å²) in [5, 5.41) is 18.9. The number of aliphatic carboxylic acids is 1. The maximum absolute atomic E-state index is 12.0. The van der Waals surface area contributed by atoms with Gasteiger partial charge in [-0.3, -0.25) is 0 Å². The van der Waals surface area contributed by atoms with E-state index in [-0.39, 0.29) is 4.91 Å². The molecule has 0 aliphatic carbocycles. The highest BCUT2D eigenvalue weighted by atomic mass is 32.2. The van der Waals surface area contributed by atoms with E-state index in [0.717, 1.165) is 17.3 Å². The standard InChI is InChI=1S/C24H27N3O6S/c1-6-27-22(16-12-17(30-3)14-18(13-16)31-4)25-26-24(27)34-21(23(28)29)11-15-8-9-19(33-7-2)20(10-15)32-5/h8-14H,6-7H2,1-5H3,(H,28,29)/b21-11-. The molecule has 1 heterocycles. The molecule has 0 aliphatic heterocycles. The first kappa shape index (κ1) is 25.0. The van der Waals surface area contributed by atoms with Crippen LogP contribution in [0.25, 0.3) is 17.5 Å². The van der Waals surface area contributed by atoms with E-state index in [1.807, 2.05) is 30.5 Å². The number of carbonyl (C=O) groups is 1. The molecule has 10 heteroatoms. The van der Waals surface area contributed by atoms with Crippen molar-refractivity contribution in [3.8, 4) is 34.4 Å². The highest BCUT2D eigenvalue weighted by Gasteiger charge is 2.19. The van der Waals surface area contributed by atoms with Crippen LogP contribution in [0, 0.1) is 0 Å². The van der Waals surface area contributed by atoms with E-state index in [4.69, 9.17) is 18.9 Å². The van der Waals surface area contributed by atoms with Crippen LogP contribution in [0.3, 0.4) is 0 Å². The van der Waals surface area contributed by atoms with Crippen LogP contribution in [0.1, 0.15) is 19.4 Å². The normalized spacial score (nSPS) is 11.3. The van der Waals surface area contributed by atoms with Crippen LogP contribution >= 0.6 is 11.8 Å². The van der Waals surface area contributed by atoms with Gasteiger partial charge >= 0.3 is 5.97 Å². The number of aromatic nitrogens is 3. The van der Waals surface area contributed by atoms with E-state index in [0.29, 0.717) is 52.7 Å². The molecule has 0 amide bonds. The van der Waals surface area contributed by atoms with Crippen molar-refractivity contribution in [3.05, 3.63) is 46.9 Å². The lowest BCUT2D eigenvalue weighted by Gasteiger charge is -2.11. The van der Waals surface area contributed by atoms with Crippen LogP contribution < -0.4 is 18.9 Å². The highest BCUT2D eigenvalue weighted by molar-refractivity contribution is 8.04. The van der Waals surface area contributed by atoms with Crippen molar-refractivity contribution in [1.82, 2.24) is 14.8 Å². The van der Waals surface area contributed by atoms with Crippen LogP contribution in [0.5, 0.6) is 23.0 Å².